The molecule has 5 heteroatoms. The molecule has 1 N–H and O–H groups in total. The van der Waals surface area contributed by atoms with Crippen molar-refractivity contribution in [2.75, 3.05) is 18.1 Å². The smallest absolute Gasteiger partial charge is 0.265 e. The van der Waals surface area contributed by atoms with Crippen molar-refractivity contribution in [1.29, 1.82) is 0 Å². The number of aryl methyl sites for hydroxylation is 1. The van der Waals surface area contributed by atoms with Crippen LogP contribution in [0.1, 0.15) is 32.3 Å². The summed E-state index contributed by atoms with van der Waals surface area (Å²) in [6, 6.07) is 5.93. The van der Waals surface area contributed by atoms with Crippen LogP contribution in [0.4, 0.5) is 5.69 Å². The van der Waals surface area contributed by atoms with E-state index in [0.717, 1.165) is 17.0 Å². The van der Waals surface area contributed by atoms with Crippen molar-refractivity contribution in [3.05, 3.63) is 23.8 Å². The average molecular weight is 290 g/mol. The molecule has 0 atom stereocenters. The van der Waals surface area contributed by atoms with Crippen LogP contribution in [0.15, 0.2) is 18.2 Å². The van der Waals surface area contributed by atoms with Crippen LogP contribution >= 0.6 is 0 Å². The summed E-state index contributed by atoms with van der Waals surface area (Å²) in [5, 5.41) is 2.85. The topological polar surface area (TPSA) is 58.6 Å². The number of hydrogen-bond acceptors (Lipinski definition) is 3. The molecule has 2 rings (SSSR count). The number of carbonyl (C=O) groups is 2. The van der Waals surface area contributed by atoms with Crippen molar-refractivity contribution >= 4 is 17.5 Å². The lowest BCUT2D eigenvalue weighted by Gasteiger charge is -2.29. The second kappa shape index (κ2) is 6.61. The van der Waals surface area contributed by atoms with Gasteiger partial charge in [0.1, 0.15) is 5.75 Å². The third-order valence-electron chi connectivity index (χ3n) is 3.29. The van der Waals surface area contributed by atoms with Crippen LogP contribution in [-0.4, -0.2) is 31.0 Å². The molecular weight excluding hydrogens is 268 g/mol. The van der Waals surface area contributed by atoms with Gasteiger partial charge < -0.3 is 15.0 Å². The summed E-state index contributed by atoms with van der Waals surface area (Å²) in [6.07, 6.45) is 1.06. The zero-order valence-corrected chi connectivity index (χ0v) is 12.8. The zero-order chi connectivity index (χ0) is 15.4. The fourth-order valence-corrected chi connectivity index (χ4v) is 2.35. The molecular formula is C16H22N2O3. The molecule has 0 aliphatic carbocycles. The molecule has 21 heavy (non-hydrogen) atoms. The molecule has 1 aliphatic rings. The van der Waals surface area contributed by atoms with Crippen LogP contribution in [0.3, 0.4) is 0 Å². The van der Waals surface area contributed by atoms with Crippen LogP contribution < -0.4 is 15.0 Å². The molecule has 0 saturated heterocycles. The Balaban J connectivity index is 1.97. The van der Waals surface area contributed by atoms with E-state index in [1.165, 1.54) is 0 Å². The van der Waals surface area contributed by atoms with E-state index < -0.39 is 0 Å². The first-order valence-electron chi connectivity index (χ1n) is 7.30. The summed E-state index contributed by atoms with van der Waals surface area (Å²) in [7, 11) is 0. The van der Waals surface area contributed by atoms with Crippen molar-refractivity contribution in [3.8, 4) is 5.75 Å². The highest BCUT2D eigenvalue weighted by Gasteiger charge is 2.25. The number of nitrogens with zero attached hydrogens (tertiary/aromatic N) is 1. The zero-order valence-electron chi connectivity index (χ0n) is 12.8. The number of ether oxygens (including phenoxy) is 1. The van der Waals surface area contributed by atoms with Crippen molar-refractivity contribution in [2.24, 2.45) is 0 Å². The quantitative estimate of drug-likeness (QED) is 0.902. The van der Waals surface area contributed by atoms with Gasteiger partial charge in [-0.15, -0.1) is 0 Å². The Hall–Kier alpha value is -2.04. The first-order valence-corrected chi connectivity index (χ1v) is 7.30. The summed E-state index contributed by atoms with van der Waals surface area (Å²) in [6.45, 7) is 6.45. The van der Waals surface area contributed by atoms with E-state index in [9.17, 15) is 9.59 Å². The molecule has 2 amide bonds. The average Bonchev–Trinajstić information content (AvgIpc) is 2.40. The second-order valence-corrected chi connectivity index (χ2v) is 5.63. The van der Waals surface area contributed by atoms with Gasteiger partial charge in [0.15, 0.2) is 6.61 Å². The largest absolute Gasteiger partial charge is 0.482 e. The van der Waals surface area contributed by atoms with Crippen molar-refractivity contribution in [3.63, 3.8) is 0 Å². The van der Waals surface area contributed by atoms with Crippen molar-refractivity contribution < 1.29 is 14.3 Å². The maximum absolute atomic E-state index is 12.0. The lowest BCUT2D eigenvalue weighted by atomic mass is 10.1. The maximum Gasteiger partial charge on any atom is 0.265 e. The predicted octanol–water partition coefficient (Wildman–Crippen LogP) is 2.03. The molecule has 0 bridgehead atoms. The number of rotatable bonds is 5. The Morgan fingerprint density at radius 3 is 2.90 bits per heavy atom. The normalized spacial score (nSPS) is 13.9. The lowest BCUT2D eigenvalue weighted by Crippen LogP contribution is -2.40. The third-order valence-corrected chi connectivity index (χ3v) is 3.29. The van der Waals surface area contributed by atoms with Crippen molar-refractivity contribution in [2.45, 2.75) is 39.7 Å². The monoisotopic (exact) mass is 290 g/mol. The Morgan fingerprint density at radius 2 is 2.19 bits per heavy atom. The van der Waals surface area contributed by atoms with Gasteiger partial charge in [0, 0.05) is 19.0 Å². The van der Waals surface area contributed by atoms with Gasteiger partial charge >= 0.3 is 0 Å². The van der Waals surface area contributed by atoms with E-state index in [-0.39, 0.29) is 24.5 Å². The van der Waals surface area contributed by atoms with Gasteiger partial charge in [-0.05, 0) is 44.9 Å². The van der Waals surface area contributed by atoms with Gasteiger partial charge in [-0.2, -0.15) is 0 Å². The van der Waals surface area contributed by atoms with E-state index >= 15 is 0 Å². The van der Waals surface area contributed by atoms with Gasteiger partial charge in [-0.1, -0.05) is 6.07 Å². The molecule has 0 saturated carbocycles. The number of hydrogen-bond donors (Lipinski definition) is 1. The number of amides is 2. The van der Waals surface area contributed by atoms with Gasteiger partial charge in [-0.3, -0.25) is 9.59 Å². The number of nitrogens with one attached hydrogen (secondary N) is 1. The van der Waals surface area contributed by atoms with Gasteiger partial charge in [0.2, 0.25) is 5.91 Å². The molecule has 1 aromatic carbocycles. The molecule has 1 aliphatic heterocycles. The summed E-state index contributed by atoms with van der Waals surface area (Å²) in [5.74, 6) is 0.701. The van der Waals surface area contributed by atoms with E-state index in [1.54, 1.807) is 4.90 Å². The standard InChI is InChI=1S/C16H22N2O3/c1-11(2)17-15(19)5-4-8-18-13-7-6-12(3)9-14(13)21-10-16(18)20/h6-7,9,11H,4-5,8,10H2,1-3H3,(H,17,19). The van der Waals surface area contributed by atoms with Gasteiger partial charge in [0.25, 0.3) is 5.91 Å². The highest BCUT2D eigenvalue weighted by atomic mass is 16.5. The van der Waals surface area contributed by atoms with Crippen LogP contribution in [0.5, 0.6) is 5.75 Å². The minimum Gasteiger partial charge on any atom is -0.482 e. The van der Waals surface area contributed by atoms with Gasteiger partial charge in [-0.25, -0.2) is 0 Å². The van der Waals surface area contributed by atoms with E-state index in [2.05, 4.69) is 5.32 Å². The van der Waals surface area contributed by atoms with Crippen LogP contribution in [0.25, 0.3) is 0 Å². The van der Waals surface area contributed by atoms with Crippen LogP contribution in [-0.2, 0) is 9.59 Å². The Bertz CT molecular complexity index is 540. The number of fused-ring (bicyclic) bond motifs is 1. The minimum absolute atomic E-state index is 0.0230. The lowest BCUT2D eigenvalue weighted by molar-refractivity contribution is -0.123. The fraction of sp³-hybridized carbons (Fsp3) is 0.500. The molecule has 114 valence electrons. The number of carbonyl (C=O) groups excluding carboxylic acids is 2. The van der Waals surface area contributed by atoms with Gasteiger partial charge in [0.05, 0.1) is 5.69 Å². The van der Waals surface area contributed by atoms with Crippen LogP contribution in [0, 0.1) is 6.92 Å². The van der Waals surface area contributed by atoms with E-state index in [4.69, 9.17) is 4.74 Å². The molecule has 1 aromatic rings. The summed E-state index contributed by atoms with van der Waals surface area (Å²) in [5.41, 5.74) is 1.89. The van der Waals surface area contributed by atoms with E-state index in [1.807, 2.05) is 39.0 Å². The second-order valence-electron chi connectivity index (χ2n) is 5.63. The maximum atomic E-state index is 12.0. The van der Waals surface area contributed by atoms with Crippen LogP contribution in [0.2, 0.25) is 0 Å². The molecule has 0 spiro atoms. The number of benzene rings is 1. The highest BCUT2D eigenvalue weighted by Crippen LogP contribution is 2.32. The summed E-state index contributed by atoms with van der Waals surface area (Å²) >= 11 is 0. The Morgan fingerprint density at radius 1 is 1.43 bits per heavy atom. The molecule has 1 heterocycles. The Labute approximate surface area is 125 Å². The molecule has 5 nitrogen and oxygen atoms in total. The molecule has 0 radical (unpaired) electrons. The first-order chi connectivity index (χ1) is 9.97. The van der Waals surface area contributed by atoms with E-state index in [0.29, 0.717) is 19.4 Å². The Kier molecular flexibility index (Phi) is 4.83. The molecule has 0 fully saturated rings. The third kappa shape index (κ3) is 3.97. The van der Waals surface area contributed by atoms with Crippen molar-refractivity contribution in [1.82, 2.24) is 5.32 Å². The minimum atomic E-state index is -0.0596. The summed E-state index contributed by atoms with van der Waals surface area (Å²) in [4.78, 5) is 25.3. The molecule has 0 unspecified atom stereocenters. The summed E-state index contributed by atoms with van der Waals surface area (Å²) < 4.78 is 5.46. The SMILES string of the molecule is Cc1ccc2c(c1)OCC(=O)N2CCCC(=O)NC(C)C. The number of anilines is 1. The highest BCUT2D eigenvalue weighted by molar-refractivity contribution is 5.97. The molecule has 0 aromatic heterocycles. The fourth-order valence-electron chi connectivity index (χ4n) is 2.35. The predicted molar refractivity (Wildman–Crippen MR) is 81.5 cm³/mol. The first kappa shape index (κ1) is 15.4.